The van der Waals surface area contributed by atoms with Crippen molar-refractivity contribution in [3.63, 3.8) is 0 Å². The molecule has 1 aromatic rings. The summed E-state index contributed by atoms with van der Waals surface area (Å²) in [6.45, 7) is 6.02. The number of hydrogen-bond acceptors (Lipinski definition) is 3. The molecule has 2 rings (SSSR count). The Bertz CT molecular complexity index is 522. The monoisotopic (exact) mass is 326 g/mol. The highest BCUT2D eigenvalue weighted by Gasteiger charge is 2.28. The van der Waals surface area contributed by atoms with Gasteiger partial charge in [-0.15, -0.1) is 0 Å². The molecule has 1 heterocycles. The van der Waals surface area contributed by atoms with Gasteiger partial charge in [0.2, 0.25) is 0 Å². The maximum Gasteiger partial charge on any atom is 0.322 e. The van der Waals surface area contributed by atoms with Crippen molar-refractivity contribution >= 4 is 23.3 Å². The van der Waals surface area contributed by atoms with Crippen molar-refractivity contribution in [3.05, 3.63) is 23.2 Å². The summed E-state index contributed by atoms with van der Waals surface area (Å²) < 4.78 is 10.8. The van der Waals surface area contributed by atoms with Crippen LogP contribution in [0.2, 0.25) is 5.02 Å². The first-order valence-corrected chi connectivity index (χ1v) is 7.88. The number of nitrogens with zero attached hydrogens (tertiary/aromatic N) is 1. The number of carbonyl (C=O) groups is 1. The van der Waals surface area contributed by atoms with Crippen LogP contribution < -0.4 is 10.1 Å². The number of anilines is 1. The number of methoxy groups -OCH3 is 1. The van der Waals surface area contributed by atoms with Crippen LogP contribution >= 0.6 is 11.6 Å². The average Bonchev–Trinajstić information content (AvgIpc) is 2.47. The maximum absolute atomic E-state index is 12.6. The Morgan fingerprint density at radius 2 is 2.32 bits per heavy atom. The summed E-state index contributed by atoms with van der Waals surface area (Å²) in [6, 6.07) is 5.11. The summed E-state index contributed by atoms with van der Waals surface area (Å²) >= 11 is 6.00. The molecule has 122 valence electrons. The number of morpholine rings is 1. The molecular weight excluding hydrogens is 304 g/mol. The first-order chi connectivity index (χ1) is 10.5. The van der Waals surface area contributed by atoms with Crippen LogP contribution in [-0.4, -0.2) is 43.8 Å². The van der Waals surface area contributed by atoms with Gasteiger partial charge in [0.1, 0.15) is 5.75 Å². The van der Waals surface area contributed by atoms with E-state index in [0.29, 0.717) is 42.1 Å². The van der Waals surface area contributed by atoms with Crippen LogP contribution in [0.1, 0.15) is 20.3 Å². The molecule has 1 aliphatic rings. The molecule has 6 heteroatoms. The molecule has 0 bridgehead atoms. The van der Waals surface area contributed by atoms with Gasteiger partial charge in [0.15, 0.2) is 0 Å². The highest BCUT2D eigenvalue weighted by molar-refractivity contribution is 6.31. The SMILES string of the molecule is COc1ccc(Cl)cc1NC(=O)N1CCOCC1CC(C)C. The minimum absolute atomic E-state index is 0.0962. The van der Waals surface area contributed by atoms with Crippen LogP contribution in [0.25, 0.3) is 0 Å². The lowest BCUT2D eigenvalue weighted by Gasteiger charge is -2.36. The Hall–Kier alpha value is -1.46. The highest BCUT2D eigenvalue weighted by atomic mass is 35.5. The van der Waals surface area contributed by atoms with Gasteiger partial charge in [0.25, 0.3) is 0 Å². The molecule has 0 radical (unpaired) electrons. The maximum atomic E-state index is 12.6. The second-order valence-electron chi connectivity index (χ2n) is 5.83. The van der Waals surface area contributed by atoms with Crippen molar-refractivity contribution < 1.29 is 14.3 Å². The molecule has 2 amide bonds. The van der Waals surface area contributed by atoms with Gasteiger partial charge in [-0.1, -0.05) is 25.4 Å². The van der Waals surface area contributed by atoms with E-state index < -0.39 is 0 Å². The molecule has 0 spiro atoms. The van der Waals surface area contributed by atoms with Crippen LogP contribution in [0, 0.1) is 5.92 Å². The van der Waals surface area contributed by atoms with Gasteiger partial charge in [0, 0.05) is 11.6 Å². The standard InChI is InChI=1S/C16H23ClN2O3/c1-11(2)8-13-10-22-7-6-19(13)16(20)18-14-9-12(17)4-5-15(14)21-3/h4-5,9,11,13H,6-8,10H2,1-3H3,(H,18,20). The number of carbonyl (C=O) groups excluding carboxylic acids is 1. The first-order valence-electron chi connectivity index (χ1n) is 7.50. The Balaban J connectivity index is 2.11. The predicted molar refractivity (Wildman–Crippen MR) is 87.8 cm³/mol. The molecule has 1 aliphatic heterocycles. The topological polar surface area (TPSA) is 50.8 Å². The molecule has 0 saturated carbocycles. The number of benzene rings is 1. The fraction of sp³-hybridized carbons (Fsp3) is 0.562. The molecule has 1 aromatic carbocycles. The number of amides is 2. The van der Waals surface area contributed by atoms with Gasteiger partial charge < -0.3 is 19.7 Å². The summed E-state index contributed by atoms with van der Waals surface area (Å²) in [4.78, 5) is 14.4. The molecule has 1 N–H and O–H groups in total. The molecule has 5 nitrogen and oxygen atoms in total. The number of urea groups is 1. The Morgan fingerprint density at radius 1 is 1.55 bits per heavy atom. The van der Waals surface area contributed by atoms with Crippen molar-refractivity contribution in [1.29, 1.82) is 0 Å². The van der Waals surface area contributed by atoms with Crippen molar-refractivity contribution in [1.82, 2.24) is 4.90 Å². The second kappa shape index (κ2) is 7.70. The van der Waals surface area contributed by atoms with E-state index in [1.54, 1.807) is 25.3 Å². The van der Waals surface area contributed by atoms with E-state index in [1.807, 2.05) is 4.90 Å². The third kappa shape index (κ3) is 4.27. The van der Waals surface area contributed by atoms with E-state index in [0.717, 1.165) is 6.42 Å². The number of rotatable bonds is 4. The number of nitrogens with one attached hydrogen (secondary N) is 1. The minimum atomic E-state index is -0.144. The third-order valence-corrected chi connectivity index (χ3v) is 3.87. The van der Waals surface area contributed by atoms with E-state index in [4.69, 9.17) is 21.1 Å². The summed E-state index contributed by atoms with van der Waals surface area (Å²) in [7, 11) is 1.56. The number of halogens is 1. The van der Waals surface area contributed by atoms with Crippen LogP contribution in [0.5, 0.6) is 5.75 Å². The molecule has 1 unspecified atom stereocenters. The largest absolute Gasteiger partial charge is 0.495 e. The van der Waals surface area contributed by atoms with E-state index in [2.05, 4.69) is 19.2 Å². The van der Waals surface area contributed by atoms with Crippen molar-refractivity contribution in [3.8, 4) is 5.75 Å². The zero-order valence-electron chi connectivity index (χ0n) is 13.3. The lowest BCUT2D eigenvalue weighted by atomic mass is 10.0. The van der Waals surface area contributed by atoms with Gasteiger partial charge in [-0.05, 0) is 30.5 Å². The normalized spacial score (nSPS) is 18.4. The summed E-state index contributed by atoms with van der Waals surface area (Å²) in [5, 5.41) is 3.45. The van der Waals surface area contributed by atoms with Crippen LogP contribution in [0.15, 0.2) is 18.2 Å². The third-order valence-electron chi connectivity index (χ3n) is 3.64. The Labute approximate surface area is 136 Å². The van der Waals surface area contributed by atoms with Crippen LogP contribution in [0.3, 0.4) is 0 Å². The van der Waals surface area contributed by atoms with E-state index in [-0.39, 0.29) is 12.1 Å². The summed E-state index contributed by atoms with van der Waals surface area (Å²) in [6.07, 6.45) is 0.917. The van der Waals surface area contributed by atoms with Crippen molar-refractivity contribution in [2.75, 3.05) is 32.2 Å². The van der Waals surface area contributed by atoms with Crippen LogP contribution in [0.4, 0.5) is 10.5 Å². The zero-order valence-corrected chi connectivity index (χ0v) is 14.0. The average molecular weight is 327 g/mol. The first kappa shape index (κ1) is 16.9. The molecular formula is C16H23ClN2O3. The minimum Gasteiger partial charge on any atom is -0.495 e. The number of ether oxygens (including phenoxy) is 2. The Kier molecular flexibility index (Phi) is 5.91. The van der Waals surface area contributed by atoms with Gasteiger partial charge in [-0.2, -0.15) is 0 Å². The molecule has 1 saturated heterocycles. The van der Waals surface area contributed by atoms with Crippen molar-refractivity contribution in [2.45, 2.75) is 26.3 Å². The van der Waals surface area contributed by atoms with Crippen LogP contribution in [-0.2, 0) is 4.74 Å². The lowest BCUT2D eigenvalue weighted by molar-refractivity contribution is 0.00856. The van der Waals surface area contributed by atoms with E-state index in [9.17, 15) is 4.79 Å². The fourth-order valence-electron chi connectivity index (χ4n) is 2.63. The fourth-order valence-corrected chi connectivity index (χ4v) is 2.80. The van der Waals surface area contributed by atoms with Gasteiger partial charge >= 0.3 is 6.03 Å². The van der Waals surface area contributed by atoms with Gasteiger partial charge in [-0.25, -0.2) is 4.79 Å². The summed E-state index contributed by atoms with van der Waals surface area (Å²) in [5.74, 6) is 1.09. The number of hydrogen-bond donors (Lipinski definition) is 1. The molecule has 1 atom stereocenters. The molecule has 0 aliphatic carbocycles. The quantitative estimate of drug-likeness (QED) is 0.919. The molecule has 0 aromatic heterocycles. The van der Waals surface area contributed by atoms with Crippen molar-refractivity contribution in [2.24, 2.45) is 5.92 Å². The zero-order chi connectivity index (χ0) is 16.1. The smallest absolute Gasteiger partial charge is 0.322 e. The Morgan fingerprint density at radius 3 is 3.00 bits per heavy atom. The summed E-state index contributed by atoms with van der Waals surface area (Å²) in [5.41, 5.74) is 0.579. The highest BCUT2D eigenvalue weighted by Crippen LogP contribution is 2.28. The predicted octanol–water partition coefficient (Wildman–Crippen LogP) is 3.63. The van der Waals surface area contributed by atoms with E-state index >= 15 is 0 Å². The second-order valence-corrected chi connectivity index (χ2v) is 6.26. The molecule has 22 heavy (non-hydrogen) atoms. The van der Waals surface area contributed by atoms with E-state index in [1.165, 1.54) is 0 Å². The van der Waals surface area contributed by atoms with Gasteiger partial charge in [-0.3, -0.25) is 0 Å². The lowest BCUT2D eigenvalue weighted by Crippen LogP contribution is -2.50. The van der Waals surface area contributed by atoms with Gasteiger partial charge in [0.05, 0.1) is 32.1 Å². The molecule has 1 fully saturated rings.